The molecule has 20 heavy (non-hydrogen) atoms. The Balaban J connectivity index is 2.55. The molecule has 0 unspecified atom stereocenters. The number of rotatable bonds is 7. The molecule has 1 aromatic carbocycles. The Morgan fingerprint density at radius 1 is 1.40 bits per heavy atom. The van der Waals surface area contributed by atoms with Crippen molar-refractivity contribution in [3.63, 3.8) is 0 Å². The molecule has 0 saturated heterocycles. The summed E-state index contributed by atoms with van der Waals surface area (Å²) in [4.78, 5) is 4.04. The number of nitrogens with one attached hydrogen (secondary N) is 2. The molecule has 0 spiro atoms. The van der Waals surface area contributed by atoms with Crippen LogP contribution in [0, 0.1) is 0 Å². The summed E-state index contributed by atoms with van der Waals surface area (Å²) in [5.41, 5.74) is 7.51. The zero-order valence-corrected chi connectivity index (χ0v) is 12.4. The number of hydrogen-bond acceptors (Lipinski definition) is 4. The fourth-order valence-electron chi connectivity index (χ4n) is 1.51. The first-order chi connectivity index (χ1) is 9.42. The van der Waals surface area contributed by atoms with Gasteiger partial charge in [0, 0.05) is 24.9 Å². The first-order valence-corrected chi connectivity index (χ1v) is 7.90. The Kier molecular flexibility index (Phi) is 6.43. The average Bonchev–Trinajstić information content (AvgIpc) is 2.36. The molecule has 0 heterocycles. The molecule has 1 rings (SSSR count). The molecule has 8 heteroatoms. The average molecular weight is 300 g/mol. The number of anilines is 1. The van der Waals surface area contributed by atoms with Gasteiger partial charge in [-0.25, -0.2) is 13.1 Å². The summed E-state index contributed by atoms with van der Waals surface area (Å²) < 4.78 is 29.1. The molecular weight excluding hydrogens is 280 g/mol. The van der Waals surface area contributed by atoms with Gasteiger partial charge in [-0.1, -0.05) is 18.2 Å². The van der Waals surface area contributed by atoms with Crippen LogP contribution in [0.3, 0.4) is 0 Å². The van der Waals surface area contributed by atoms with Gasteiger partial charge >= 0.3 is 0 Å². The zero-order chi connectivity index (χ0) is 15.0. The summed E-state index contributed by atoms with van der Waals surface area (Å²) in [6.45, 7) is 0.936. The van der Waals surface area contributed by atoms with Crippen LogP contribution in [0.2, 0.25) is 0 Å². The van der Waals surface area contributed by atoms with E-state index in [1.165, 1.54) is 0 Å². The van der Waals surface area contributed by atoms with Crippen LogP contribution in [-0.4, -0.2) is 40.8 Å². The van der Waals surface area contributed by atoms with Gasteiger partial charge in [-0.2, -0.15) is 0 Å². The first-order valence-electron chi connectivity index (χ1n) is 6.01. The van der Waals surface area contributed by atoms with Gasteiger partial charge < -0.3 is 15.8 Å². The number of benzene rings is 1. The van der Waals surface area contributed by atoms with Crippen molar-refractivity contribution in [2.45, 2.75) is 6.61 Å². The van der Waals surface area contributed by atoms with Crippen molar-refractivity contribution < 1.29 is 13.2 Å². The van der Waals surface area contributed by atoms with E-state index in [-0.39, 0.29) is 19.0 Å². The van der Waals surface area contributed by atoms with Crippen LogP contribution < -0.4 is 15.8 Å². The maximum absolute atomic E-state index is 10.9. The highest BCUT2D eigenvalue weighted by Gasteiger charge is 2.02. The molecule has 0 aliphatic heterocycles. The summed E-state index contributed by atoms with van der Waals surface area (Å²) in [7, 11) is -1.58. The Morgan fingerprint density at radius 2 is 2.10 bits per heavy atom. The number of sulfonamides is 1. The highest BCUT2D eigenvalue weighted by Crippen LogP contribution is 2.15. The maximum Gasteiger partial charge on any atom is 0.208 e. The molecule has 112 valence electrons. The third kappa shape index (κ3) is 6.50. The lowest BCUT2D eigenvalue weighted by Gasteiger charge is -2.10. The number of nitrogens with two attached hydrogens (primary N) is 1. The van der Waals surface area contributed by atoms with E-state index in [0.29, 0.717) is 6.61 Å². The Hall–Kier alpha value is -1.64. The molecule has 0 bridgehead atoms. The zero-order valence-electron chi connectivity index (χ0n) is 11.6. The largest absolute Gasteiger partial charge is 0.380 e. The summed E-state index contributed by atoms with van der Waals surface area (Å²) in [6.07, 6.45) is 1.10. The minimum atomic E-state index is -3.19. The van der Waals surface area contributed by atoms with Crippen molar-refractivity contribution in [1.82, 2.24) is 4.72 Å². The minimum Gasteiger partial charge on any atom is -0.380 e. The number of guanidine groups is 1. The lowest BCUT2D eigenvalue weighted by Crippen LogP contribution is -2.28. The van der Waals surface area contributed by atoms with Crippen LogP contribution in [0.5, 0.6) is 0 Å². The van der Waals surface area contributed by atoms with Gasteiger partial charge in [-0.15, -0.1) is 0 Å². The molecule has 0 atom stereocenters. The standard InChI is InChI=1S/C12H20N4O3S/c1-19-9-10-5-3-4-6-11(10)16-12(13)14-7-8-15-20(2,17)18/h3-6,15H,7-9H2,1-2H3,(H3,13,14,16). The summed E-state index contributed by atoms with van der Waals surface area (Å²) in [5, 5.41) is 2.96. The Labute approximate surface area is 119 Å². The van der Waals surface area contributed by atoms with Gasteiger partial charge in [0.25, 0.3) is 0 Å². The van der Waals surface area contributed by atoms with Gasteiger partial charge in [-0.3, -0.25) is 4.99 Å². The number of aliphatic imine (C=N–C) groups is 1. The predicted octanol–water partition coefficient (Wildman–Crippen LogP) is 0.109. The van der Waals surface area contributed by atoms with Crippen molar-refractivity contribution in [3.05, 3.63) is 29.8 Å². The summed E-state index contributed by atoms with van der Waals surface area (Å²) in [6, 6.07) is 7.57. The smallest absolute Gasteiger partial charge is 0.208 e. The lowest BCUT2D eigenvalue weighted by atomic mass is 10.2. The second kappa shape index (κ2) is 7.83. The molecule has 0 fully saturated rings. The monoisotopic (exact) mass is 300 g/mol. The van der Waals surface area contributed by atoms with Crippen molar-refractivity contribution in [2.24, 2.45) is 10.7 Å². The van der Waals surface area contributed by atoms with E-state index in [4.69, 9.17) is 10.5 Å². The summed E-state index contributed by atoms with van der Waals surface area (Å²) in [5.74, 6) is 0.226. The van der Waals surface area contributed by atoms with Crippen molar-refractivity contribution in [3.8, 4) is 0 Å². The van der Waals surface area contributed by atoms with Gasteiger partial charge in [0.1, 0.15) is 0 Å². The topological polar surface area (TPSA) is 106 Å². The van der Waals surface area contributed by atoms with Crippen molar-refractivity contribution in [2.75, 3.05) is 31.8 Å². The van der Waals surface area contributed by atoms with Crippen LogP contribution in [0.1, 0.15) is 5.56 Å². The predicted molar refractivity (Wildman–Crippen MR) is 80.1 cm³/mol. The number of nitrogens with zero attached hydrogens (tertiary/aromatic N) is 1. The minimum absolute atomic E-state index is 0.209. The van der Waals surface area contributed by atoms with E-state index in [1.54, 1.807) is 7.11 Å². The number of hydrogen-bond donors (Lipinski definition) is 3. The molecule has 7 nitrogen and oxygen atoms in total. The molecule has 0 aliphatic rings. The lowest BCUT2D eigenvalue weighted by molar-refractivity contribution is 0.185. The van der Waals surface area contributed by atoms with Crippen LogP contribution in [0.15, 0.2) is 29.3 Å². The van der Waals surface area contributed by atoms with Crippen LogP contribution in [-0.2, 0) is 21.4 Å². The van der Waals surface area contributed by atoms with E-state index in [2.05, 4.69) is 15.0 Å². The first kappa shape index (κ1) is 16.4. The normalized spacial score (nSPS) is 12.4. The van der Waals surface area contributed by atoms with Gasteiger partial charge in [0.15, 0.2) is 5.96 Å². The third-order valence-electron chi connectivity index (χ3n) is 2.34. The fraction of sp³-hybridized carbons (Fsp3) is 0.417. The molecule has 0 aliphatic carbocycles. The van der Waals surface area contributed by atoms with E-state index in [9.17, 15) is 8.42 Å². The maximum atomic E-state index is 10.9. The molecule has 0 saturated carbocycles. The van der Waals surface area contributed by atoms with E-state index >= 15 is 0 Å². The van der Waals surface area contributed by atoms with E-state index in [0.717, 1.165) is 17.5 Å². The second-order valence-corrected chi connectivity index (χ2v) is 5.98. The van der Waals surface area contributed by atoms with Crippen molar-refractivity contribution in [1.29, 1.82) is 0 Å². The van der Waals surface area contributed by atoms with Gasteiger partial charge in [-0.05, 0) is 6.07 Å². The van der Waals surface area contributed by atoms with E-state index in [1.807, 2.05) is 24.3 Å². The third-order valence-corrected chi connectivity index (χ3v) is 3.07. The fourth-order valence-corrected chi connectivity index (χ4v) is 1.97. The molecule has 1 aromatic rings. The molecule has 0 amide bonds. The van der Waals surface area contributed by atoms with Crippen LogP contribution >= 0.6 is 0 Å². The SMILES string of the molecule is COCc1ccccc1NC(N)=NCCNS(C)(=O)=O. The second-order valence-electron chi connectivity index (χ2n) is 4.15. The highest BCUT2D eigenvalue weighted by molar-refractivity contribution is 7.88. The Morgan fingerprint density at radius 3 is 2.75 bits per heavy atom. The number of ether oxygens (including phenoxy) is 1. The number of para-hydroxylation sites is 1. The molecule has 0 aromatic heterocycles. The van der Waals surface area contributed by atoms with Crippen LogP contribution in [0.25, 0.3) is 0 Å². The van der Waals surface area contributed by atoms with Crippen molar-refractivity contribution >= 4 is 21.7 Å². The Bertz CT molecular complexity index is 558. The molecule has 4 N–H and O–H groups in total. The molecular formula is C12H20N4O3S. The summed E-state index contributed by atoms with van der Waals surface area (Å²) >= 11 is 0. The quantitative estimate of drug-likeness (QED) is 0.376. The van der Waals surface area contributed by atoms with Gasteiger partial charge in [0.2, 0.25) is 10.0 Å². The van der Waals surface area contributed by atoms with Crippen LogP contribution in [0.4, 0.5) is 5.69 Å². The highest BCUT2D eigenvalue weighted by atomic mass is 32.2. The van der Waals surface area contributed by atoms with E-state index < -0.39 is 10.0 Å². The van der Waals surface area contributed by atoms with Gasteiger partial charge in [0.05, 0.1) is 19.4 Å². The molecule has 0 radical (unpaired) electrons. The number of methoxy groups -OCH3 is 1.